The topological polar surface area (TPSA) is 82.7 Å². The van der Waals surface area contributed by atoms with Gasteiger partial charge in [-0.2, -0.15) is 18.2 Å². The summed E-state index contributed by atoms with van der Waals surface area (Å²) in [7, 11) is 1.75. The van der Waals surface area contributed by atoms with Gasteiger partial charge >= 0.3 is 6.18 Å². The molecule has 5 rings (SSSR count). The maximum Gasteiger partial charge on any atom is 0.389 e. The minimum absolute atomic E-state index is 0.0201. The second-order valence-corrected chi connectivity index (χ2v) is 9.92. The first-order valence-corrected chi connectivity index (χ1v) is 13.0. The number of nitrogens with one attached hydrogen (secondary N) is 2. The molecule has 0 aliphatic carbocycles. The van der Waals surface area contributed by atoms with Crippen LogP contribution >= 0.6 is 0 Å². The van der Waals surface area contributed by atoms with E-state index in [0.717, 1.165) is 24.4 Å². The fourth-order valence-electron chi connectivity index (χ4n) is 5.34. The van der Waals surface area contributed by atoms with Crippen LogP contribution in [-0.4, -0.2) is 75.3 Å². The third-order valence-corrected chi connectivity index (χ3v) is 7.40. The van der Waals surface area contributed by atoms with Crippen LogP contribution in [0.15, 0.2) is 29.4 Å². The second-order valence-electron chi connectivity index (χ2n) is 9.92. The van der Waals surface area contributed by atoms with Gasteiger partial charge in [-0.25, -0.2) is 13.9 Å². The van der Waals surface area contributed by atoms with Crippen LogP contribution in [0, 0.1) is 0 Å². The van der Waals surface area contributed by atoms with Crippen molar-refractivity contribution in [3.8, 4) is 11.3 Å². The minimum Gasteiger partial charge on any atom is -0.371 e. The molecule has 0 radical (unpaired) electrons. The Morgan fingerprint density at radius 2 is 1.97 bits per heavy atom. The molecule has 0 amide bonds. The number of hydrogen-bond donors (Lipinski definition) is 2. The van der Waals surface area contributed by atoms with Crippen molar-refractivity contribution >= 4 is 28.7 Å². The quantitative estimate of drug-likeness (QED) is 0.368. The number of pyridine rings is 1. The fourth-order valence-corrected chi connectivity index (χ4v) is 5.34. The number of anilines is 2. The van der Waals surface area contributed by atoms with Gasteiger partial charge in [0.25, 0.3) is 0 Å². The SMILES string of the molecule is CCN1CC[C@H](Nc2nc(NC)c3c(-c4ccc5c(n4)C(CCCC(F)(F)F)C(C)=N5)ccn3n2)[C@H](F)C1. The van der Waals surface area contributed by atoms with Crippen LogP contribution in [0.4, 0.5) is 35.0 Å². The summed E-state index contributed by atoms with van der Waals surface area (Å²) in [5.74, 6) is 0.641. The summed E-state index contributed by atoms with van der Waals surface area (Å²) in [6.07, 6.45) is -3.21. The number of fused-ring (bicyclic) bond motifs is 2. The van der Waals surface area contributed by atoms with Gasteiger partial charge in [0, 0.05) is 49.9 Å². The van der Waals surface area contributed by atoms with Gasteiger partial charge in [0.2, 0.25) is 5.95 Å². The molecule has 204 valence electrons. The van der Waals surface area contributed by atoms with E-state index in [1.807, 2.05) is 32.0 Å². The summed E-state index contributed by atoms with van der Waals surface area (Å²) in [5.41, 5.74) is 4.31. The van der Waals surface area contributed by atoms with Crippen molar-refractivity contribution < 1.29 is 17.6 Å². The van der Waals surface area contributed by atoms with Gasteiger partial charge in [-0.05, 0) is 50.9 Å². The normalized spacial score (nSPS) is 22.0. The summed E-state index contributed by atoms with van der Waals surface area (Å²) in [6, 6.07) is 5.21. The number of alkyl halides is 4. The molecule has 0 saturated carbocycles. The van der Waals surface area contributed by atoms with Crippen molar-refractivity contribution in [1.82, 2.24) is 24.5 Å². The summed E-state index contributed by atoms with van der Waals surface area (Å²) >= 11 is 0. The van der Waals surface area contributed by atoms with Crippen LogP contribution in [0.3, 0.4) is 0 Å². The molecule has 3 aromatic heterocycles. The zero-order chi connectivity index (χ0) is 27.0. The maximum absolute atomic E-state index is 14.7. The molecule has 1 fully saturated rings. The molecule has 3 atom stereocenters. The minimum atomic E-state index is -4.18. The molecule has 12 heteroatoms. The third kappa shape index (κ3) is 5.31. The summed E-state index contributed by atoms with van der Waals surface area (Å²) in [5, 5.41) is 10.9. The van der Waals surface area contributed by atoms with E-state index in [-0.39, 0.29) is 18.4 Å². The molecular formula is C26H32F4N8. The molecule has 1 unspecified atom stereocenters. The van der Waals surface area contributed by atoms with E-state index in [0.29, 0.717) is 53.7 Å². The molecule has 1 saturated heterocycles. The Hall–Kier alpha value is -3.28. The van der Waals surface area contributed by atoms with Crippen LogP contribution in [0.2, 0.25) is 0 Å². The Kier molecular flexibility index (Phi) is 7.26. The first kappa shape index (κ1) is 26.3. The zero-order valence-corrected chi connectivity index (χ0v) is 21.7. The summed E-state index contributed by atoms with van der Waals surface area (Å²) in [4.78, 5) is 16.1. The van der Waals surface area contributed by atoms with E-state index in [4.69, 9.17) is 4.98 Å². The first-order valence-electron chi connectivity index (χ1n) is 13.0. The Morgan fingerprint density at radius 3 is 2.68 bits per heavy atom. The number of likely N-dealkylation sites (tertiary alicyclic amines) is 1. The van der Waals surface area contributed by atoms with Gasteiger partial charge < -0.3 is 15.5 Å². The highest BCUT2D eigenvalue weighted by molar-refractivity contribution is 5.96. The number of hydrogen-bond acceptors (Lipinski definition) is 7. The van der Waals surface area contributed by atoms with E-state index in [1.165, 1.54) is 0 Å². The van der Waals surface area contributed by atoms with E-state index in [9.17, 15) is 17.6 Å². The van der Waals surface area contributed by atoms with Crippen molar-refractivity contribution in [2.24, 2.45) is 4.99 Å². The van der Waals surface area contributed by atoms with Crippen molar-refractivity contribution in [1.29, 1.82) is 0 Å². The van der Waals surface area contributed by atoms with E-state index in [1.54, 1.807) is 17.8 Å². The van der Waals surface area contributed by atoms with E-state index in [2.05, 4.69) is 30.6 Å². The Balaban J connectivity index is 1.41. The molecule has 2 aliphatic rings. The molecule has 2 N–H and O–H groups in total. The number of rotatable bonds is 8. The molecule has 0 bridgehead atoms. The number of halogens is 4. The van der Waals surface area contributed by atoms with Gasteiger partial charge in [0.05, 0.1) is 23.1 Å². The lowest BCUT2D eigenvalue weighted by atomic mass is 9.94. The van der Waals surface area contributed by atoms with Crippen molar-refractivity contribution in [2.75, 3.05) is 37.3 Å². The van der Waals surface area contributed by atoms with Crippen LogP contribution < -0.4 is 10.6 Å². The van der Waals surface area contributed by atoms with Crippen LogP contribution in [0.1, 0.15) is 51.1 Å². The van der Waals surface area contributed by atoms with E-state index < -0.39 is 18.8 Å². The molecule has 8 nitrogen and oxygen atoms in total. The monoisotopic (exact) mass is 532 g/mol. The van der Waals surface area contributed by atoms with Gasteiger partial charge in [0.1, 0.15) is 11.7 Å². The highest BCUT2D eigenvalue weighted by Crippen LogP contribution is 2.40. The smallest absolute Gasteiger partial charge is 0.371 e. The van der Waals surface area contributed by atoms with Gasteiger partial charge in [-0.15, -0.1) is 5.10 Å². The molecule has 0 spiro atoms. The lowest BCUT2D eigenvalue weighted by molar-refractivity contribution is -0.135. The van der Waals surface area contributed by atoms with E-state index >= 15 is 0 Å². The first-order chi connectivity index (χ1) is 18.2. The molecule has 2 aliphatic heterocycles. The molecule has 0 aromatic carbocycles. The third-order valence-electron chi connectivity index (χ3n) is 7.40. The van der Waals surface area contributed by atoms with Crippen molar-refractivity contribution in [2.45, 2.75) is 63.8 Å². The molecule has 5 heterocycles. The molecule has 38 heavy (non-hydrogen) atoms. The predicted molar refractivity (Wildman–Crippen MR) is 140 cm³/mol. The molecular weight excluding hydrogens is 500 g/mol. The van der Waals surface area contributed by atoms with Gasteiger partial charge in [-0.1, -0.05) is 6.92 Å². The highest BCUT2D eigenvalue weighted by Gasteiger charge is 2.31. The summed E-state index contributed by atoms with van der Waals surface area (Å²) < 4.78 is 54.6. The van der Waals surface area contributed by atoms with Crippen LogP contribution in [-0.2, 0) is 0 Å². The maximum atomic E-state index is 14.7. The fraction of sp³-hybridized carbons (Fsp3) is 0.538. The number of aliphatic imine (C=N–C) groups is 1. The second kappa shape index (κ2) is 10.5. The standard InChI is InChI=1S/C26H32F4N8/c1-4-37-12-10-20(18(27)14-37)34-25-35-24(31-3)23-17(9-13-38(23)36-25)19-7-8-21-22(33-19)16(15(2)32-21)6-5-11-26(28,29)30/h7-9,13,16,18,20H,4-6,10-12,14H2,1-3H3,(H2,31,34,35,36)/t16?,18-,20+/m1/s1. The predicted octanol–water partition coefficient (Wildman–Crippen LogP) is 5.60. The Morgan fingerprint density at radius 1 is 1.16 bits per heavy atom. The number of aromatic nitrogens is 4. The van der Waals surface area contributed by atoms with Gasteiger partial charge in [0.15, 0.2) is 5.82 Å². The number of piperidine rings is 1. The van der Waals surface area contributed by atoms with Crippen molar-refractivity contribution in [3.05, 3.63) is 30.1 Å². The van der Waals surface area contributed by atoms with Crippen molar-refractivity contribution in [3.63, 3.8) is 0 Å². The Labute approximate surface area is 218 Å². The average Bonchev–Trinajstić information content (AvgIpc) is 3.44. The Bertz CT molecular complexity index is 1330. The average molecular weight is 533 g/mol. The number of nitrogens with zero attached hydrogens (tertiary/aromatic N) is 6. The largest absolute Gasteiger partial charge is 0.389 e. The van der Waals surface area contributed by atoms with Crippen LogP contribution in [0.25, 0.3) is 16.8 Å². The lowest BCUT2D eigenvalue weighted by Gasteiger charge is -2.34. The molecule has 3 aromatic rings. The van der Waals surface area contributed by atoms with Gasteiger partial charge in [-0.3, -0.25) is 4.99 Å². The lowest BCUT2D eigenvalue weighted by Crippen LogP contribution is -2.47. The van der Waals surface area contributed by atoms with Crippen LogP contribution in [0.5, 0.6) is 0 Å². The summed E-state index contributed by atoms with van der Waals surface area (Å²) in [6.45, 7) is 5.88. The highest BCUT2D eigenvalue weighted by atomic mass is 19.4. The zero-order valence-electron chi connectivity index (χ0n) is 21.7.